The molecule has 0 fully saturated rings. The number of benzene rings is 2. The summed E-state index contributed by atoms with van der Waals surface area (Å²) in [5.74, 6) is -0.764. The maximum absolute atomic E-state index is 13.1. The summed E-state index contributed by atoms with van der Waals surface area (Å²) in [6, 6.07) is 9.66. The molecular formula is C18H20ClFN2O4S. The average molecular weight is 415 g/mol. The molecule has 2 rings (SSSR count). The normalized spacial score (nSPS) is 11.4. The van der Waals surface area contributed by atoms with Crippen LogP contribution in [0.25, 0.3) is 0 Å². The maximum atomic E-state index is 13.1. The van der Waals surface area contributed by atoms with Gasteiger partial charge in [-0.1, -0.05) is 25.4 Å². The van der Waals surface area contributed by atoms with E-state index in [2.05, 4.69) is 5.32 Å². The van der Waals surface area contributed by atoms with Crippen LogP contribution in [0, 0.1) is 5.82 Å². The standard InChI is InChI=1S/C18H20ClFN2O4S/c1-3-22(4-2)27(24,25)15-8-5-13(6-9-15)21-18(23)12-26-14-7-10-17(20)16(19)11-14/h5-11H,3-4,12H2,1-2H3,(H,21,23). The van der Waals surface area contributed by atoms with E-state index in [1.807, 2.05) is 0 Å². The van der Waals surface area contributed by atoms with Crippen LogP contribution in [-0.2, 0) is 14.8 Å². The van der Waals surface area contributed by atoms with E-state index in [0.717, 1.165) is 6.07 Å². The zero-order valence-corrected chi connectivity index (χ0v) is 16.5. The SMILES string of the molecule is CCN(CC)S(=O)(=O)c1ccc(NC(=O)COc2ccc(F)c(Cl)c2)cc1. The van der Waals surface area contributed by atoms with E-state index in [-0.39, 0.29) is 22.3 Å². The van der Waals surface area contributed by atoms with Crippen molar-refractivity contribution >= 4 is 33.2 Å². The monoisotopic (exact) mass is 414 g/mol. The topological polar surface area (TPSA) is 75.7 Å². The number of sulfonamides is 1. The highest BCUT2D eigenvalue weighted by Gasteiger charge is 2.21. The smallest absolute Gasteiger partial charge is 0.262 e. The molecule has 0 saturated carbocycles. The van der Waals surface area contributed by atoms with Crippen molar-refractivity contribution in [3.05, 3.63) is 53.3 Å². The molecule has 0 spiro atoms. The Kier molecular flexibility index (Phi) is 7.18. The van der Waals surface area contributed by atoms with Crippen molar-refractivity contribution in [2.45, 2.75) is 18.7 Å². The summed E-state index contributed by atoms with van der Waals surface area (Å²) in [5, 5.41) is 2.50. The van der Waals surface area contributed by atoms with Crippen molar-refractivity contribution in [2.24, 2.45) is 0 Å². The number of nitrogens with zero attached hydrogens (tertiary/aromatic N) is 1. The van der Waals surface area contributed by atoms with Crippen LogP contribution in [0.2, 0.25) is 5.02 Å². The van der Waals surface area contributed by atoms with Crippen LogP contribution < -0.4 is 10.1 Å². The molecule has 0 aliphatic rings. The molecule has 27 heavy (non-hydrogen) atoms. The van der Waals surface area contributed by atoms with Gasteiger partial charge in [0.25, 0.3) is 5.91 Å². The van der Waals surface area contributed by atoms with E-state index in [1.165, 1.54) is 40.7 Å². The number of carbonyl (C=O) groups excluding carboxylic acids is 1. The molecule has 0 atom stereocenters. The van der Waals surface area contributed by atoms with Crippen molar-refractivity contribution in [3.8, 4) is 5.75 Å². The molecule has 146 valence electrons. The van der Waals surface area contributed by atoms with Gasteiger partial charge in [-0.15, -0.1) is 0 Å². The lowest BCUT2D eigenvalue weighted by atomic mass is 10.3. The Hall–Kier alpha value is -2.16. The Morgan fingerprint density at radius 1 is 1.15 bits per heavy atom. The minimum absolute atomic E-state index is 0.0992. The largest absolute Gasteiger partial charge is 0.484 e. The second-order valence-corrected chi connectivity index (χ2v) is 7.87. The molecular weight excluding hydrogens is 395 g/mol. The lowest BCUT2D eigenvalue weighted by Crippen LogP contribution is -2.30. The molecule has 1 amide bonds. The first kappa shape index (κ1) is 21.1. The Balaban J connectivity index is 1.97. The predicted molar refractivity (Wildman–Crippen MR) is 102 cm³/mol. The fraction of sp³-hybridized carbons (Fsp3) is 0.278. The molecule has 0 aromatic heterocycles. The lowest BCUT2D eigenvalue weighted by Gasteiger charge is -2.18. The van der Waals surface area contributed by atoms with Crippen LogP contribution in [0.15, 0.2) is 47.4 Å². The summed E-state index contributed by atoms with van der Waals surface area (Å²) in [5.41, 5.74) is 0.430. The molecule has 2 aromatic carbocycles. The second kappa shape index (κ2) is 9.16. The second-order valence-electron chi connectivity index (χ2n) is 5.53. The van der Waals surface area contributed by atoms with E-state index in [4.69, 9.17) is 16.3 Å². The molecule has 0 aliphatic heterocycles. The third-order valence-corrected chi connectivity index (χ3v) is 6.10. The van der Waals surface area contributed by atoms with Gasteiger partial charge in [-0.2, -0.15) is 4.31 Å². The number of carbonyl (C=O) groups is 1. The minimum atomic E-state index is -3.55. The highest BCUT2D eigenvalue weighted by molar-refractivity contribution is 7.89. The summed E-state index contributed by atoms with van der Waals surface area (Å²) in [6.07, 6.45) is 0. The van der Waals surface area contributed by atoms with Gasteiger partial charge in [0, 0.05) is 24.8 Å². The highest BCUT2D eigenvalue weighted by Crippen LogP contribution is 2.21. The van der Waals surface area contributed by atoms with Crippen LogP contribution in [0.1, 0.15) is 13.8 Å². The van der Waals surface area contributed by atoms with Crippen LogP contribution in [0.4, 0.5) is 10.1 Å². The van der Waals surface area contributed by atoms with E-state index >= 15 is 0 Å². The molecule has 0 radical (unpaired) electrons. The van der Waals surface area contributed by atoms with Gasteiger partial charge < -0.3 is 10.1 Å². The zero-order valence-electron chi connectivity index (χ0n) is 14.9. The number of halogens is 2. The van der Waals surface area contributed by atoms with Crippen LogP contribution in [0.3, 0.4) is 0 Å². The average Bonchev–Trinajstić information content (AvgIpc) is 2.64. The molecule has 0 aliphatic carbocycles. The Morgan fingerprint density at radius 3 is 2.33 bits per heavy atom. The summed E-state index contributed by atoms with van der Waals surface area (Å²) in [6.45, 7) is 3.99. The van der Waals surface area contributed by atoms with Crippen LogP contribution >= 0.6 is 11.6 Å². The number of amides is 1. The van der Waals surface area contributed by atoms with Gasteiger partial charge in [0.2, 0.25) is 10.0 Å². The summed E-state index contributed by atoms with van der Waals surface area (Å²) < 4.78 is 44.5. The van der Waals surface area contributed by atoms with Crippen molar-refractivity contribution in [2.75, 3.05) is 25.0 Å². The molecule has 0 unspecified atom stereocenters. The Labute approximate surface area is 162 Å². The van der Waals surface area contributed by atoms with Gasteiger partial charge >= 0.3 is 0 Å². The molecule has 0 saturated heterocycles. The first-order valence-corrected chi connectivity index (χ1v) is 10.1. The fourth-order valence-corrected chi connectivity index (χ4v) is 3.96. The van der Waals surface area contributed by atoms with Crippen molar-refractivity contribution in [1.29, 1.82) is 0 Å². The maximum Gasteiger partial charge on any atom is 0.262 e. The fourth-order valence-electron chi connectivity index (χ4n) is 2.34. The Bertz CT molecular complexity index is 900. The van der Waals surface area contributed by atoms with E-state index in [9.17, 15) is 17.6 Å². The van der Waals surface area contributed by atoms with Gasteiger partial charge in [-0.05, 0) is 36.4 Å². The third-order valence-electron chi connectivity index (χ3n) is 3.74. The van der Waals surface area contributed by atoms with Crippen molar-refractivity contribution < 1.29 is 22.3 Å². The number of ether oxygens (including phenoxy) is 1. The molecule has 1 N–H and O–H groups in total. The predicted octanol–water partition coefficient (Wildman–Crippen LogP) is 3.53. The van der Waals surface area contributed by atoms with Gasteiger partial charge in [-0.3, -0.25) is 4.79 Å². The van der Waals surface area contributed by atoms with Crippen LogP contribution in [0.5, 0.6) is 5.75 Å². The van der Waals surface area contributed by atoms with Gasteiger partial charge in [0.15, 0.2) is 6.61 Å². The summed E-state index contributed by atoms with van der Waals surface area (Å²) in [7, 11) is -3.55. The number of hydrogen-bond donors (Lipinski definition) is 1. The van der Waals surface area contributed by atoms with Crippen molar-refractivity contribution in [3.63, 3.8) is 0 Å². The number of rotatable bonds is 8. The highest BCUT2D eigenvalue weighted by atomic mass is 35.5. The van der Waals surface area contributed by atoms with Crippen molar-refractivity contribution in [1.82, 2.24) is 4.31 Å². The summed E-state index contributed by atoms with van der Waals surface area (Å²) in [4.78, 5) is 12.1. The van der Waals surface area contributed by atoms with Gasteiger partial charge in [-0.25, -0.2) is 12.8 Å². The molecule has 0 bridgehead atoms. The van der Waals surface area contributed by atoms with Gasteiger partial charge in [0.05, 0.1) is 9.92 Å². The first-order valence-electron chi connectivity index (χ1n) is 8.25. The molecule has 2 aromatic rings. The Morgan fingerprint density at radius 2 is 1.78 bits per heavy atom. The quantitative estimate of drug-likeness (QED) is 0.717. The zero-order chi connectivity index (χ0) is 20.0. The number of nitrogens with one attached hydrogen (secondary N) is 1. The number of hydrogen-bond acceptors (Lipinski definition) is 4. The molecule has 6 nitrogen and oxygen atoms in total. The minimum Gasteiger partial charge on any atom is -0.484 e. The molecule has 0 heterocycles. The number of anilines is 1. The van der Waals surface area contributed by atoms with E-state index < -0.39 is 21.7 Å². The van der Waals surface area contributed by atoms with Gasteiger partial charge in [0.1, 0.15) is 11.6 Å². The first-order chi connectivity index (χ1) is 12.8. The van der Waals surface area contributed by atoms with E-state index in [1.54, 1.807) is 13.8 Å². The molecule has 9 heteroatoms. The van der Waals surface area contributed by atoms with Crippen LogP contribution in [-0.4, -0.2) is 38.3 Å². The summed E-state index contributed by atoms with van der Waals surface area (Å²) >= 11 is 5.65. The third kappa shape index (κ3) is 5.41. The lowest BCUT2D eigenvalue weighted by molar-refractivity contribution is -0.118. The van der Waals surface area contributed by atoms with E-state index in [0.29, 0.717) is 18.8 Å².